The Morgan fingerprint density at radius 1 is 0.971 bits per heavy atom. The molecule has 4 aromatic rings. The summed E-state index contributed by atoms with van der Waals surface area (Å²) in [6.45, 7) is 3.89. The second-order valence-electron chi connectivity index (χ2n) is 8.12. The van der Waals surface area contributed by atoms with Crippen molar-refractivity contribution < 1.29 is 14.3 Å². The second-order valence-corrected chi connectivity index (χ2v) is 9.04. The highest BCUT2D eigenvalue weighted by Crippen LogP contribution is 2.30. The Morgan fingerprint density at radius 3 is 2.59 bits per heavy atom. The maximum absolute atomic E-state index is 9.08. The van der Waals surface area contributed by atoms with Crippen LogP contribution < -0.4 is 4.74 Å². The van der Waals surface area contributed by atoms with E-state index in [1.807, 2.05) is 37.4 Å². The van der Waals surface area contributed by atoms with E-state index in [0.717, 1.165) is 34.7 Å². The number of hydrogen-bond acceptors (Lipinski definition) is 7. The summed E-state index contributed by atoms with van der Waals surface area (Å²) in [7, 11) is 2.00. The number of aliphatic hydroxyl groups is 1. The van der Waals surface area contributed by atoms with E-state index in [1.54, 1.807) is 0 Å². The summed E-state index contributed by atoms with van der Waals surface area (Å²) in [4.78, 5) is 2.09. The van der Waals surface area contributed by atoms with Gasteiger partial charge in [-0.2, -0.15) is 0 Å². The van der Waals surface area contributed by atoms with Crippen molar-refractivity contribution in [2.24, 2.45) is 0 Å². The molecule has 0 unspecified atom stereocenters. The van der Waals surface area contributed by atoms with Crippen molar-refractivity contribution in [3.8, 4) is 16.9 Å². The summed E-state index contributed by atoms with van der Waals surface area (Å²) in [5.74, 6) is 1.99. The number of hydrogen-bond donors (Lipinski definition) is 1. The van der Waals surface area contributed by atoms with Gasteiger partial charge in [-0.1, -0.05) is 78.5 Å². The number of aromatic nitrogens is 2. The average Bonchev–Trinajstić information content (AvgIpc) is 3.31. The lowest BCUT2D eigenvalue weighted by Crippen LogP contribution is -2.21. The molecule has 0 atom stereocenters. The Bertz CT molecular complexity index is 1200. The van der Waals surface area contributed by atoms with Crippen LogP contribution in [0, 0.1) is 6.92 Å². The minimum Gasteiger partial charge on any atom is -0.484 e. The van der Waals surface area contributed by atoms with Gasteiger partial charge in [0.2, 0.25) is 0 Å². The number of nitrogens with zero attached hydrogens (tertiary/aromatic N) is 3. The van der Waals surface area contributed by atoms with Gasteiger partial charge in [-0.25, -0.2) is 0 Å². The monoisotopic (exact) mass is 475 g/mol. The molecule has 7 heteroatoms. The predicted molar refractivity (Wildman–Crippen MR) is 135 cm³/mol. The molecule has 34 heavy (non-hydrogen) atoms. The first kappa shape index (κ1) is 24.0. The van der Waals surface area contributed by atoms with Crippen LogP contribution in [0.4, 0.5) is 0 Å². The highest BCUT2D eigenvalue weighted by Gasteiger charge is 2.11. The Kier molecular flexibility index (Phi) is 8.36. The summed E-state index contributed by atoms with van der Waals surface area (Å²) in [6, 6.07) is 24.7. The molecule has 4 rings (SSSR count). The summed E-state index contributed by atoms with van der Waals surface area (Å²) in [6.07, 6.45) is 0. The second kappa shape index (κ2) is 11.8. The van der Waals surface area contributed by atoms with E-state index in [9.17, 15) is 0 Å². The highest BCUT2D eigenvalue weighted by molar-refractivity contribution is 7.98. The van der Waals surface area contributed by atoms with Crippen molar-refractivity contribution in [3.05, 3.63) is 95.4 Å². The van der Waals surface area contributed by atoms with Crippen molar-refractivity contribution in [1.29, 1.82) is 0 Å². The van der Waals surface area contributed by atoms with Gasteiger partial charge >= 0.3 is 0 Å². The molecule has 0 aliphatic carbocycles. The van der Waals surface area contributed by atoms with Gasteiger partial charge < -0.3 is 14.3 Å². The van der Waals surface area contributed by atoms with Gasteiger partial charge in [-0.05, 0) is 47.9 Å². The molecular formula is C27H29N3O3S. The zero-order valence-electron chi connectivity index (χ0n) is 19.5. The molecular weight excluding hydrogens is 446 g/mol. The van der Waals surface area contributed by atoms with Gasteiger partial charge in [-0.3, -0.25) is 4.90 Å². The third kappa shape index (κ3) is 6.47. The molecule has 0 aliphatic heterocycles. The SMILES string of the molecule is Cc1c(OCc2nnc(SCc3cccc(CN(C)CCO)c3)o2)cccc1-c1ccccc1. The molecule has 0 saturated heterocycles. The van der Waals surface area contributed by atoms with Gasteiger partial charge in [0, 0.05) is 18.8 Å². The standard InChI is InChI=1S/C27H29N3O3S/c1-20-24(23-10-4-3-5-11-23)12-7-13-25(20)32-18-26-28-29-27(33-26)34-19-22-9-6-8-21(16-22)17-30(2)14-15-31/h3-13,16,31H,14-15,17-19H2,1-2H3. The fraction of sp³-hybridized carbons (Fsp3) is 0.259. The smallest absolute Gasteiger partial charge is 0.277 e. The summed E-state index contributed by atoms with van der Waals surface area (Å²) in [5.41, 5.74) is 5.77. The summed E-state index contributed by atoms with van der Waals surface area (Å²) in [5, 5.41) is 17.9. The summed E-state index contributed by atoms with van der Waals surface area (Å²) < 4.78 is 11.8. The van der Waals surface area contributed by atoms with E-state index < -0.39 is 0 Å². The molecule has 176 valence electrons. The fourth-order valence-electron chi connectivity index (χ4n) is 3.72. The van der Waals surface area contributed by atoms with Crippen molar-refractivity contribution >= 4 is 11.8 Å². The lowest BCUT2D eigenvalue weighted by Gasteiger charge is -2.15. The van der Waals surface area contributed by atoms with Gasteiger partial charge in [0.1, 0.15) is 5.75 Å². The lowest BCUT2D eigenvalue weighted by atomic mass is 10.00. The van der Waals surface area contributed by atoms with Crippen molar-refractivity contribution in [2.45, 2.75) is 31.1 Å². The third-order valence-electron chi connectivity index (χ3n) is 5.46. The minimum absolute atomic E-state index is 0.160. The van der Waals surface area contributed by atoms with Crippen LogP contribution in [0.5, 0.6) is 5.75 Å². The molecule has 0 saturated carbocycles. The van der Waals surface area contributed by atoms with E-state index in [1.165, 1.54) is 22.9 Å². The zero-order valence-corrected chi connectivity index (χ0v) is 20.3. The van der Waals surface area contributed by atoms with Crippen LogP contribution in [-0.4, -0.2) is 40.4 Å². The third-order valence-corrected chi connectivity index (χ3v) is 6.35. The number of likely N-dealkylation sites (N-methyl/N-ethyl adjacent to an activating group) is 1. The number of thioether (sulfide) groups is 1. The quantitative estimate of drug-likeness (QED) is 0.294. The Balaban J connectivity index is 1.33. The van der Waals surface area contributed by atoms with Gasteiger partial charge in [0.15, 0.2) is 6.61 Å². The molecule has 0 bridgehead atoms. The number of rotatable bonds is 11. The first-order valence-electron chi connectivity index (χ1n) is 11.2. The molecule has 0 aliphatic rings. The number of aliphatic hydroxyl groups excluding tert-OH is 1. The van der Waals surface area contributed by atoms with Crippen LogP contribution >= 0.6 is 11.8 Å². The Labute approximate surface area is 204 Å². The van der Waals surface area contributed by atoms with Crippen LogP contribution in [0.2, 0.25) is 0 Å². The topological polar surface area (TPSA) is 71.6 Å². The van der Waals surface area contributed by atoms with E-state index in [4.69, 9.17) is 14.3 Å². The minimum atomic E-state index is 0.160. The van der Waals surface area contributed by atoms with Gasteiger partial charge in [0.25, 0.3) is 11.1 Å². The van der Waals surface area contributed by atoms with Crippen LogP contribution in [0.15, 0.2) is 82.4 Å². The first-order chi connectivity index (χ1) is 16.6. The Hall–Kier alpha value is -3.13. The lowest BCUT2D eigenvalue weighted by molar-refractivity contribution is 0.217. The van der Waals surface area contributed by atoms with E-state index in [-0.39, 0.29) is 13.2 Å². The Morgan fingerprint density at radius 2 is 1.76 bits per heavy atom. The normalized spacial score (nSPS) is 11.2. The maximum Gasteiger partial charge on any atom is 0.277 e. The van der Waals surface area contributed by atoms with Gasteiger partial charge in [0.05, 0.1) is 6.61 Å². The molecule has 0 radical (unpaired) electrons. The number of ether oxygens (including phenoxy) is 1. The van der Waals surface area contributed by atoms with Crippen molar-refractivity contribution in [2.75, 3.05) is 20.2 Å². The highest BCUT2D eigenvalue weighted by atomic mass is 32.2. The molecule has 1 aromatic heterocycles. The van der Waals surface area contributed by atoms with Crippen LogP contribution in [0.3, 0.4) is 0 Å². The van der Waals surface area contributed by atoms with Crippen LogP contribution in [0.1, 0.15) is 22.6 Å². The molecule has 1 N–H and O–H groups in total. The van der Waals surface area contributed by atoms with Crippen LogP contribution in [-0.2, 0) is 18.9 Å². The van der Waals surface area contributed by atoms with Crippen LogP contribution in [0.25, 0.3) is 11.1 Å². The molecule has 0 amide bonds. The molecule has 3 aromatic carbocycles. The zero-order chi connectivity index (χ0) is 23.8. The fourth-order valence-corrected chi connectivity index (χ4v) is 4.44. The van der Waals surface area contributed by atoms with Crippen molar-refractivity contribution in [3.63, 3.8) is 0 Å². The molecule has 0 fully saturated rings. The molecule has 1 heterocycles. The van der Waals surface area contributed by atoms with E-state index >= 15 is 0 Å². The largest absolute Gasteiger partial charge is 0.484 e. The van der Waals surface area contributed by atoms with Crippen molar-refractivity contribution in [1.82, 2.24) is 15.1 Å². The van der Waals surface area contributed by atoms with E-state index in [2.05, 4.69) is 64.5 Å². The maximum atomic E-state index is 9.08. The van der Waals surface area contributed by atoms with E-state index in [0.29, 0.717) is 17.7 Å². The first-order valence-corrected chi connectivity index (χ1v) is 12.2. The number of benzene rings is 3. The van der Waals surface area contributed by atoms with Gasteiger partial charge in [-0.15, -0.1) is 10.2 Å². The average molecular weight is 476 g/mol. The molecule has 0 spiro atoms. The predicted octanol–water partition coefficient (Wildman–Crippen LogP) is 5.34. The molecule has 6 nitrogen and oxygen atoms in total. The summed E-state index contributed by atoms with van der Waals surface area (Å²) >= 11 is 1.51.